The molecule has 5 heteroatoms. The van der Waals surface area contributed by atoms with Gasteiger partial charge in [0, 0.05) is 12.6 Å². The maximum absolute atomic E-state index is 11.4. The fourth-order valence-electron chi connectivity index (χ4n) is 1.63. The van der Waals surface area contributed by atoms with E-state index in [1.165, 1.54) is 6.26 Å². The van der Waals surface area contributed by atoms with Crippen molar-refractivity contribution >= 4 is 11.9 Å². The zero-order valence-electron chi connectivity index (χ0n) is 8.45. The van der Waals surface area contributed by atoms with Gasteiger partial charge in [-0.2, -0.15) is 0 Å². The van der Waals surface area contributed by atoms with Crippen molar-refractivity contribution in [3.05, 3.63) is 18.4 Å². The zero-order valence-corrected chi connectivity index (χ0v) is 8.45. The zero-order chi connectivity index (χ0) is 10.5. The molecule has 3 N–H and O–H groups in total. The lowest BCUT2D eigenvalue weighted by atomic mass is 10.1. The summed E-state index contributed by atoms with van der Waals surface area (Å²) < 4.78 is 4.99. The minimum Gasteiger partial charge on any atom is -0.449 e. The van der Waals surface area contributed by atoms with Crippen LogP contribution >= 0.6 is 0 Å². The summed E-state index contributed by atoms with van der Waals surface area (Å²) in [5.41, 5.74) is 0. The van der Waals surface area contributed by atoms with Crippen LogP contribution in [0.1, 0.15) is 6.42 Å². The van der Waals surface area contributed by atoms with Gasteiger partial charge in [0.25, 0.3) is 0 Å². The number of hydrogen-bond donors (Lipinski definition) is 3. The Labute approximate surface area is 88.2 Å². The second-order valence-electron chi connectivity index (χ2n) is 3.67. The predicted molar refractivity (Wildman–Crippen MR) is 56.7 cm³/mol. The summed E-state index contributed by atoms with van der Waals surface area (Å²) in [5, 5.41) is 8.67. The van der Waals surface area contributed by atoms with Gasteiger partial charge in [-0.1, -0.05) is 0 Å². The van der Waals surface area contributed by atoms with E-state index in [9.17, 15) is 4.79 Å². The highest BCUT2D eigenvalue weighted by Crippen LogP contribution is 2.07. The molecule has 2 amide bonds. The lowest BCUT2D eigenvalue weighted by Gasteiger charge is -2.09. The van der Waals surface area contributed by atoms with Crippen molar-refractivity contribution in [3.8, 4) is 0 Å². The Balaban J connectivity index is 1.68. The third-order valence-electron chi connectivity index (χ3n) is 2.47. The Morgan fingerprint density at radius 2 is 2.60 bits per heavy atom. The van der Waals surface area contributed by atoms with E-state index in [2.05, 4.69) is 16.0 Å². The summed E-state index contributed by atoms with van der Waals surface area (Å²) in [4.78, 5) is 11.4. The van der Waals surface area contributed by atoms with Crippen LogP contribution < -0.4 is 16.0 Å². The monoisotopic (exact) mass is 209 g/mol. The van der Waals surface area contributed by atoms with E-state index in [1.54, 1.807) is 12.1 Å². The van der Waals surface area contributed by atoms with Gasteiger partial charge in [0.05, 0.1) is 6.26 Å². The molecule has 1 fully saturated rings. The quantitative estimate of drug-likeness (QED) is 0.696. The molecule has 1 aromatic rings. The molecule has 1 aromatic heterocycles. The maximum Gasteiger partial charge on any atom is 0.321 e. The van der Waals surface area contributed by atoms with Crippen molar-refractivity contribution in [3.63, 3.8) is 0 Å². The van der Waals surface area contributed by atoms with Crippen LogP contribution in [0.5, 0.6) is 0 Å². The molecule has 15 heavy (non-hydrogen) atoms. The van der Waals surface area contributed by atoms with Gasteiger partial charge in [-0.15, -0.1) is 0 Å². The number of anilines is 1. The van der Waals surface area contributed by atoms with Crippen molar-refractivity contribution in [2.45, 2.75) is 6.42 Å². The first-order chi connectivity index (χ1) is 7.34. The van der Waals surface area contributed by atoms with Crippen molar-refractivity contribution in [2.75, 3.05) is 25.0 Å². The van der Waals surface area contributed by atoms with Crippen LogP contribution in [0.4, 0.5) is 10.7 Å². The molecule has 1 saturated heterocycles. The van der Waals surface area contributed by atoms with Gasteiger partial charge in [0.1, 0.15) is 0 Å². The molecule has 5 nitrogen and oxygen atoms in total. The molecule has 0 aromatic carbocycles. The van der Waals surface area contributed by atoms with Crippen molar-refractivity contribution < 1.29 is 9.21 Å². The van der Waals surface area contributed by atoms with Gasteiger partial charge < -0.3 is 15.1 Å². The smallest absolute Gasteiger partial charge is 0.321 e. The van der Waals surface area contributed by atoms with E-state index in [0.29, 0.717) is 18.3 Å². The summed E-state index contributed by atoms with van der Waals surface area (Å²) in [6.07, 6.45) is 2.65. The number of amides is 2. The van der Waals surface area contributed by atoms with Gasteiger partial charge in [-0.25, -0.2) is 4.79 Å². The molecule has 0 saturated carbocycles. The summed E-state index contributed by atoms with van der Waals surface area (Å²) in [6.45, 7) is 2.74. The summed E-state index contributed by atoms with van der Waals surface area (Å²) in [6, 6.07) is 3.23. The molecule has 1 unspecified atom stereocenters. The molecule has 1 aliphatic rings. The average Bonchev–Trinajstić information content (AvgIpc) is 2.86. The molecule has 0 spiro atoms. The van der Waals surface area contributed by atoms with Gasteiger partial charge in [0.2, 0.25) is 5.88 Å². The fourth-order valence-corrected chi connectivity index (χ4v) is 1.63. The maximum atomic E-state index is 11.4. The number of carbonyl (C=O) groups is 1. The molecule has 0 aliphatic carbocycles. The minimum atomic E-state index is -0.211. The molecule has 2 heterocycles. The third-order valence-corrected chi connectivity index (χ3v) is 2.47. The number of carbonyl (C=O) groups excluding carboxylic acids is 1. The van der Waals surface area contributed by atoms with E-state index in [4.69, 9.17) is 4.42 Å². The molecular formula is C10H15N3O2. The van der Waals surface area contributed by atoms with E-state index in [-0.39, 0.29) is 6.03 Å². The number of nitrogens with one attached hydrogen (secondary N) is 3. The molecule has 1 aliphatic heterocycles. The highest BCUT2D eigenvalue weighted by Gasteiger charge is 2.15. The predicted octanol–water partition coefficient (Wildman–Crippen LogP) is 1.01. The number of hydrogen-bond acceptors (Lipinski definition) is 3. The first-order valence-electron chi connectivity index (χ1n) is 5.13. The van der Waals surface area contributed by atoms with Crippen LogP contribution in [0.15, 0.2) is 22.8 Å². The third kappa shape index (κ3) is 2.99. The first-order valence-corrected chi connectivity index (χ1v) is 5.13. The molecule has 0 bridgehead atoms. The molecule has 1 atom stereocenters. The number of rotatable bonds is 3. The Morgan fingerprint density at radius 1 is 1.67 bits per heavy atom. The standard InChI is InChI=1S/C10H15N3O2/c14-10(13-9-2-1-5-15-9)12-7-8-3-4-11-6-8/h1-2,5,8,11H,3-4,6-7H2,(H2,12,13,14). The second kappa shape index (κ2) is 4.84. The van der Waals surface area contributed by atoms with Crippen LogP contribution in [-0.2, 0) is 0 Å². The first kappa shape index (κ1) is 10.0. The van der Waals surface area contributed by atoms with Crippen LogP contribution in [-0.4, -0.2) is 25.7 Å². The topological polar surface area (TPSA) is 66.3 Å². The van der Waals surface area contributed by atoms with Crippen LogP contribution in [0.3, 0.4) is 0 Å². The highest BCUT2D eigenvalue weighted by atomic mass is 16.3. The van der Waals surface area contributed by atoms with Crippen molar-refractivity contribution in [1.82, 2.24) is 10.6 Å². The number of furan rings is 1. The molecule has 2 rings (SSSR count). The van der Waals surface area contributed by atoms with E-state index >= 15 is 0 Å². The van der Waals surface area contributed by atoms with Crippen molar-refractivity contribution in [1.29, 1.82) is 0 Å². The van der Waals surface area contributed by atoms with Gasteiger partial charge >= 0.3 is 6.03 Å². The van der Waals surface area contributed by atoms with Gasteiger partial charge in [-0.05, 0) is 31.5 Å². The lowest BCUT2D eigenvalue weighted by Crippen LogP contribution is -2.33. The van der Waals surface area contributed by atoms with Crippen LogP contribution in [0.2, 0.25) is 0 Å². The normalized spacial score (nSPS) is 20.1. The Hall–Kier alpha value is -1.49. The average molecular weight is 209 g/mol. The van der Waals surface area contributed by atoms with Gasteiger partial charge in [-0.3, -0.25) is 5.32 Å². The van der Waals surface area contributed by atoms with E-state index < -0.39 is 0 Å². The summed E-state index contributed by atoms with van der Waals surface area (Å²) >= 11 is 0. The molecular weight excluding hydrogens is 194 g/mol. The SMILES string of the molecule is O=C(NCC1CCNC1)Nc1ccco1. The van der Waals surface area contributed by atoms with E-state index in [1.807, 2.05) is 0 Å². The molecule has 82 valence electrons. The van der Waals surface area contributed by atoms with Gasteiger partial charge in [0.15, 0.2) is 0 Å². The second-order valence-corrected chi connectivity index (χ2v) is 3.67. The largest absolute Gasteiger partial charge is 0.449 e. The Bertz CT molecular complexity index is 304. The van der Waals surface area contributed by atoms with Crippen molar-refractivity contribution in [2.24, 2.45) is 5.92 Å². The highest BCUT2D eigenvalue weighted by molar-refractivity contribution is 5.87. The Kier molecular flexibility index (Phi) is 3.24. The summed E-state index contributed by atoms with van der Waals surface area (Å²) in [7, 11) is 0. The fraction of sp³-hybridized carbons (Fsp3) is 0.500. The van der Waals surface area contributed by atoms with Crippen LogP contribution in [0.25, 0.3) is 0 Å². The lowest BCUT2D eigenvalue weighted by molar-refractivity contribution is 0.250. The Morgan fingerprint density at radius 3 is 3.27 bits per heavy atom. The molecule has 0 radical (unpaired) electrons. The number of urea groups is 1. The minimum absolute atomic E-state index is 0.211. The van der Waals surface area contributed by atoms with Crippen LogP contribution in [0, 0.1) is 5.92 Å². The summed E-state index contributed by atoms with van der Waals surface area (Å²) in [5.74, 6) is 1.02. The van der Waals surface area contributed by atoms with E-state index in [0.717, 1.165) is 19.5 Å².